The first-order chi connectivity index (χ1) is 11.4. The number of amides is 3. The molecule has 7 heteroatoms. The summed E-state index contributed by atoms with van der Waals surface area (Å²) in [6.45, 7) is 1.19. The number of anilines is 3. The Bertz CT molecular complexity index is 789. The number of hydrogen-bond donors (Lipinski definition) is 2. The first-order valence-electron chi connectivity index (χ1n) is 7.08. The molecule has 2 rings (SSSR count). The second-order valence-corrected chi connectivity index (χ2v) is 4.94. The maximum Gasteiger partial charge on any atom is 0.323 e. The van der Waals surface area contributed by atoms with Crippen LogP contribution in [0, 0.1) is 0 Å². The highest BCUT2D eigenvalue weighted by Gasteiger charge is 2.27. The van der Waals surface area contributed by atoms with Gasteiger partial charge < -0.3 is 15.8 Å². The van der Waals surface area contributed by atoms with Gasteiger partial charge >= 0.3 is 11.8 Å². The van der Waals surface area contributed by atoms with Crippen LogP contribution in [-0.2, 0) is 14.4 Å². The molecular weight excluding hydrogens is 310 g/mol. The Morgan fingerprint density at radius 1 is 1.08 bits per heavy atom. The molecule has 24 heavy (non-hydrogen) atoms. The van der Waals surface area contributed by atoms with Gasteiger partial charge in [-0.15, -0.1) is 0 Å². The maximum atomic E-state index is 12.4. The van der Waals surface area contributed by atoms with Gasteiger partial charge in [0.05, 0.1) is 12.8 Å². The monoisotopic (exact) mass is 327 g/mol. The quantitative estimate of drug-likeness (QED) is 0.661. The Hall–Kier alpha value is -3.35. The third kappa shape index (κ3) is 3.89. The minimum Gasteiger partial charge on any atom is -0.497 e. The van der Waals surface area contributed by atoms with E-state index in [0.29, 0.717) is 17.1 Å². The van der Waals surface area contributed by atoms with E-state index in [4.69, 9.17) is 10.5 Å². The number of nitrogens with one attached hydrogen (secondary N) is 1. The second kappa shape index (κ2) is 7.28. The summed E-state index contributed by atoms with van der Waals surface area (Å²) in [6.07, 6.45) is 0. The average Bonchev–Trinajstić information content (AvgIpc) is 2.54. The Morgan fingerprint density at radius 2 is 1.79 bits per heavy atom. The molecule has 0 unspecified atom stereocenters. The normalized spacial score (nSPS) is 9.92. The van der Waals surface area contributed by atoms with Crippen molar-refractivity contribution in [2.75, 3.05) is 23.1 Å². The molecule has 2 aromatic rings. The largest absolute Gasteiger partial charge is 0.497 e. The van der Waals surface area contributed by atoms with Crippen molar-refractivity contribution in [2.24, 2.45) is 0 Å². The molecule has 0 aromatic heterocycles. The van der Waals surface area contributed by atoms with Crippen molar-refractivity contribution in [3.05, 3.63) is 48.5 Å². The molecule has 0 spiro atoms. The van der Waals surface area contributed by atoms with Gasteiger partial charge in [-0.1, -0.05) is 12.1 Å². The van der Waals surface area contributed by atoms with Gasteiger partial charge in [-0.3, -0.25) is 14.4 Å². The van der Waals surface area contributed by atoms with E-state index in [1.807, 2.05) is 0 Å². The molecule has 2 aromatic carbocycles. The molecule has 7 nitrogen and oxygen atoms in total. The van der Waals surface area contributed by atoms with E-state index in [1.54, 1.807) is 36.4 Å². The number of imide groups is 1. The van der Waals surface area contributed by atoms with Gasteiger partial charge in [-0.25, -0.2) is 4.90 Å². The third-order valence-corrected chi connectivity index (χ3v) is 3.17. The lowest BCUT2D eigenvalue weighted by atomic mass is 10.2. The lowest BCUT2D eigenvalue weighted by Gasteiger charge is -2.19. The molecule has 0 aliphatic carbocycles. The van der Waals surface area contributed by atoms with Crippen molar-refractivity contribution in [3.8, 4) is 5.75 Å². The van der Waals surface area contributed by atoms with E-state index in [-0.39, 0.29) is 5.69 Å². The molecule has 0 saturated heterocycles. The molecule has 3 amide bonds. The molecule has 0 atom stereocenters. The second-order valence-electron chi connectivity index (χ2n) is 4.94. The van der Waals surface area contributed by atoms with Gasteiger partial charge in [0, 0.05) is 24.4 Å². The molecule has 0 radical (unpaired) electrons. The van der Waals surface area contributed by atoms with E-state index in [1.165, 1.54) is 26.2 Å². The molecule has 124 valence electrons. The number of ether oxygens (including phenoxy) is 1. The number of nitrogen functional groups attached to an aromatic ring is 1. The fourth-order valence-corrected chi connectivity index (χ4v) is 2.09. The zero-order chi connectivity index (χ0) is 17.7. The fourth-order valence-electron chi connectivity index (χ4n) is 2.09. The van der Waals surface area contributed by atoms with Crippen molar-refractivity contribution >= 4 is 34.8 Å². The van der Waals surface area contributed by atoms with Gasteiger partial charge in [-0.05, 0) is 30.3 Å². The SMILES string of the molecule is COc1cccc(NC(=O)C(=O)N(C(C)=O)c2cccc(N)c2)c1. The van der Waals surface area contributed by atoms with E-state index >= 15 is 0 Å². The minimum atomic E-state index is -1.00. The van der Waals surface area contributed by atoms with Crippen molar-refractivity contribution < 1.29 is 19.1 Å². The summed E-state index contributed by atoms with van der Waals surface area (Å²) in [7, 11) is 1.49. The van der Waals surface area contributed by atoms with Crippen LogP contribution in [-0.4, -0.2) is 24.8 Å². The summed E-state index contributed by atoms with van der Waals surface area (Å²) in [5.41, 5.74) is 6.65. The lowest BCUT2D eigenvalue weighted by Crippen LogP contribution is -2.42. The van der Waals surface area contributed by atoms with Crippen LogP contribution in [0.2, 0.25) is 0 Å². The molecule has 3 N–H and O–H groups in total. The topological polar surface area (TPSA) is 102 Å². The first-order valence-corrected chi connectivity index (χ1v) is 7.08. The Morgan fingerprint density at radius 3 is 2.42 bits per heavy atom. The summed E-state index contributed by atoms with van der Waals surface area (Å²) in [6, 6.07) is 12.7. The van der Waals surface area contributed by atoms with E-state index in [2.05, 4.69) is 5.32 Å². The standard InChI is InChI=1S/C17H17N3O4/c1-11(21)20(14-7-3-5-12(18)9-14)17(23)16(22)19-13-6-4-8-15(10-13)24-2/h3-10H,18H2,1-2H3,(H,19,22). The van der Waals surface area contributed by atoms with Crippen molar-refractivity contribution in [1.29, 1.82) is 0 Å². The van der Waals surface area contributed by atoms with Crippen molar-refractivity contribution in [1.82, 2.24) is 0 Å². The molecule has 0 fully saturated rings. The van der Waals surface area contributed by atoms with Crippen LogP contribution in [0.5, 0.6) is 5.75 Å². The zero-order valence-electron chi connectivity index (χ0n) is 13.3. The highest BCUT2D eigenvalue weighted by molar-refractivity contribution is 6.48. The smallest absolute Gasteiger partial charge is 0.323 e. The molecular formula is C17H17N3O4. The number of methoxy groups -OCH3 is 1. The molecule has 0 saturated carbocycles. The number of carbonyl (C=O) groups excluding carboxylic acids is 3. The van der Waals surface area contributed by atoms with Gasteiger partial charge in [-0.2, -0.15) is 0 Å². The summed E-state index contributed by atoms with van der Waals surface area (Å²) in [5, 5.41) is 2.44. The van der Waals surface area contributed by atoms with Crippen LogP contribution in [0.15, 0.2) is 48.5 Å². The average molecular weight is 327 g/mol. The van der Waals surface area contributed by atoms with Gasteiger partial charge in [0.2, 0.25) is 5.91 Å². The molecule has 0 aliphatic heterocycles. The number of benzene rings is 2. The zero-order valence-corrected chi connectivity index (χ0v) is 13.3. The van der Waals surface area contributed by atoms with Crippen LogP contribution >= 0.6 is 0 Å². The van der Waals surface area contributed by atoms with Crippen LogP contribution in [0.4, 0.5) is 17.1 Å². The Labute approximate surface area is 139 Å². The number of hydrogen-bond acceptors (Lipinski definition) is 5. The fraction of sp³-hybridized carbons (Fsp3) is 0.118. The van der Waals surface area contributed by atoms with Gasteiger partial charge in [0.1, 0.15) is 5.75 Å². The van der Waals surface area contributed by atoms with Gasteiger partial charge in [0.25, 0.3) is 0 Å². The summed E-state index contributed by atoms with van der Waals surface area (Å²) in [5.74, 6) is -2.01. The van der Waals surface area contributed by atoms with Gasteiger partial charge in [0.15, 0.2) is 0 Å². The Kier molecular flexibility index (Phi) is 5.16. The van der Waals surface area contributed by atoms with Crippen LogP contribution in [0.3, 0.4) is 0 Å². The lowest BCUT2D eigenvalue weighted by molar-refractivity contribution is -0.136. The minimum absolute atomic E-state index is 0.230. The Balaban J connectivity index is 2.23. The first kappa shape index (κ1) is 17.0. The molecule has 0 aliphatic rings. The van der Waals surface area contributed by atoms with Crippen molar-refractivity contribution in [2.45, 2.75) is 6.92 Å². The van der Waals surface area contributed by atoms with Crippen LogP contribution in [0.1, 0.15) is 6.92 Å². The predicted octanol–water partition coefficient (Wildman–Crippen LogP) is 1.80. The number of nitrogens with zero attached hydrogens (tertiary/aromatic N) is 1. The van der Waals surface area contributed by atoms with E-state index in [0.717, 1.165) is 4.90 Å². The highest BCUT2D eigenvalue weighted by atomic mass is 16.5. The summed E-state index contributed by atoms with van der Waals surface area (Å²) in [4.78, 5) is 37.2. The summed E-state index contributed by atoms with van der Waals surface area (Å²) < 4.78 is 5.05. The number of rotatable bonds is 3. The highest BCUT2D eigenvalue weighted by Crippen LogP contribution is 2.20. The number of carbonyl (C=O) groups is 3. The van der Waals surface area contributed by atoms with Crippen LogP contribution in [0.25, 0.3) is 0 Å². The van der Waals surface area contributed by atoms with E-state index < -0.39 is 17.7 Å². The van der Waals surface area contributed by atoms with E-state index in [9.17, 15) is 14.4 Å². The maximum absolute atomic E-state index is 12.4. The molecule has 0 heterocycles. The summed E-state index contributed by atoms with van der Waals surface area (Å²) >= 11 is 0. The molecule has 0 bridgehead atoms. The number of nitrogens with two attached hydrogens (primary N) is 1. The predicted molar refractivity (Wildman–Crippen MR) is 90.6 cm³/mol. The van der Waals surface area contributed by atoms with Crippen molar-refractivity contribution in [3.63, 3.8) is 0 Å². The van der Waals surface area contributed by atoms with Crippen LogP contribution < -0.4 is 20.7 Å². The third-order valence-electron chi connectivity index (χ3n) is 3.17.